The number of aryl methyl sites for hydroxylation is 2. The average molecular weight is 443 g/mol. The maximum atomic E-state index is 14.5. The number of halogens is 2. The van der Waals surface area contributed by atoms with Gasteiger partial charge in [-0.05, 0) is 69.9 Å². The average Bonchev–Trinajstić information content (AvgIpc) is 3.26. The molecule has 1 N–H and O–H groups in total. The lowest BCUT2D eigenvalue weighted by atomic mass is 10.0. The summed E-state index contributed by atoms with van der Waals surface area (Å²) >= 11 is 0. The molecular formula is C23H28F2N6O. The number of rotatable bonds is 7. The SMILES string of the molecule is COc1cc(C)c(F)c(CCc2cnc(Nc3cnn(C4CCN(C)CC4)c3)nc2)c1F. The molecule has 0 atom stereocenters. The lowest BCUT2D eigenvalue weighted by Gasteiger charge is -2.28. The minimum atomic E-state index is -0.656. The predicted molar refractivity (Wildman–Crippen MR) is 118 cm³/mol. The van der Waals surface area contributed by atoms with Crippen molar-refractivity contribution >= 4 is 11.6 Å². The molecule has 3 aromatic rings. The molecule has 7 nitrogen and oxygen atoms in total. The zero-order valence-electron chi connectivity index (χ0n) is 18.6. The fourth-order valence-electron chi connectivity index (χ4n) is 3.98. The van der Waals surface area contributed by atoms with Crippen molar-refractivity contribution in [2.75, 3.05) is 32.6 Å². The molecule has 9 heteroatoms. The zero-order chi connectivity index (χ0) is 22.7. The Morgan fingerprint density at radius 1 is 1.09 bits per heavy atom. The number of anilines is 2. The monoisotopic (exact) mass is 442 g/mol. The van der Waals surface area contributed by atoms with Crippen LogP contribution in [0.2, 0.25) is 0 Å². The molecule has 3 heterocycles. The highest BCUT2D eigenvalue weighted by Gasteiger charge is 2.19. The van der Waals surface area contributed by atoms with Crippen LogP contribution in [0, 0.1) is 18.6 Å². The molecular weight excluding hydrogens is 414 g/mol. The first-order chi connectivity index (χ1) is 15.4. The summed E-state index contributed by atoms with van der Waals surface area (Å²) in [7, 11) is 3.51. The fraction of sp³-hybridized carbons (Fsp3) is 0.435. The van der Waals surface area contributed by atoms with Crippen LogP contribution in [-0.4, -0.2) is 51.9 Å². The third-order valence-electron chi connectivity index (χ3n) is 5.95. The van der Waals surface area contributed by atoms with Crippen LogP contribution >= 0.6 is 0 Å². The van der Waals surface area contributed by atoms with Crippen molar-refractivity contribution in [2.45, 2.75) is 38.6 Å². The molecule has 1 aromatic carbocycles. The minimum absolute atomic E-state index is 0.0189. The molecule has 0 spiro atoms. The Hall–Kier alpha value is -3.07. The van der Waals surface area contributed by atoms with Crippen molar-refractivity contribution in [3.05, 3.63) is 59.2 Å². The molecule has 1 fully saturated rings. The van der Waals surface area contributed by atoms with E-state index < -0.39 is 11.6 Å². The van der Waals surface area contributed by atoms with Crippen LogP contribution in [0.1, 0.15) is 35.6 Å². The molecule has 170 valence electrons. The number of nitrogens with zero attached hydrogens (tertiary/aromatic N) is 5. The Morgan fingerprint density at radius 2 is 1.81 bits per heavy atom. The maximum Gasteiger partial charge on any atom is 0.227 e. The smallest absolute Gasteiger partial charge is 0.227 e. The number of nitrogens with one attached hydrogen (secondary N) is 1. The van der Waals surface area contributed by atoms with Crippen molar-refractivity contribution in [2.24, 2.45) is 0 Å². The molecule has 1 aliphatic rings. The van der Waals surface area contributed by atoms with E-state index in [1.807, 2.05) is 10.9 Å². The van der Waals surface area contributed by atoms with Gasteiger partial charge in [-0.1, -0.05) is 0 Å². The molecule has 0 saturated carbocycles. The van der Waals surface area contributed by atoms with Crippen molar-refractivity contribution in [1.29, 1.82) is 0 Å². The van der Waals surface area contributed by atoms with E-state index >= 15 is 0 Å². The third-order valence-corrected chi connectivity index (χ3v) is 5.95. The van der Waals surface area contributed by atoms with Crippen molar-refractivity contribution in [3.8, 4) is 5.75 Å². The Kier molecular flexibility index (Phi) is 6.64. The van der Waals surface area contributed by atoms with E-state index in [4.69, 9.17) is 4.74 Å². The van der Waals surface area contributed by atoms with E-state index in [2.05, 4.69) is 32.3 Å². The second-order valence-corrected chi connectivity index (χ2v) is 8.29. The number of hydrogen-bond donors (Lipinski definition) is 1. The molecule has 32 heavy (non-hydrogen) atoms. The standard InChI is InChI=1S/C23H28F2N6O/c1-15-10-20(32-3)22(25)19(21(15)24)5-4-16-11-26-23(27-12-16)29-17-13-28-31(14-17)18-6-8-30(2)9-7-18/h10-14,18H,4-9H2,1-3H3,(H,26,27,29). The van der Waals surface area contributed by atoms with E-state index in [1.54, 1.807) is 25.5 Å². The summed E-state index contributed by atoms with van der Waals surface area (Å²) in [6.07, 6.45) is 9.84. The summed E-state index contributed by atoms with van der Waals surface area (Å²) in [5.74, 6) is -0.692. The number of ether oxygens (including phenoxy) is 1. The topological polar surface area (TPSA) is 68.1 Å². The molecule has 2 aromatic heterocycles. The van der Waals surface area contributed by atoms with Gasteiger partial charge in [0.1, 0.15) is 5.82 Å². The Morgan fingerprint density at radius 3 is 2.50 bits per heavy atom. The number of benzene rings is 1. The third kappa shape index (κ3) is 4.88. The largest absolute Gasteiger partial charge is 0.494 e. The summed E-state index contributed by atoms with van der Waals surface area (Å²) < 4.78 is 35.9. The summed E-state index contributed by atoms with van der Waals surface area (Å²) in [5, 5.41) is 7.64. The molecule has 0 amide bonds. The van der Waals surface area contributed by atoms with Crippen LogP contribution in [0.25, 0.3) is 0 Å². The summed E-state index contributed by atoms with van der Waals surface area (Å²) in [6.45, 7) is 3.74. The summed E-state index contributed by atoms with van der Waals surface area (Å²) in [6, 6.07) is 1.78. The quantitative estimate of drug-likeness (QED) is 0.595. The van der Waals surface area contributed by atoms with E-state index in [0.717, 1.165) is 37.2 Å². The Bertz CT molecular complexity index is 1060. The molecule has 0 radical (unpaired) electrons. The van der Waals surface area contributed by atoms with Gasteiger partial charge >= 0.3 is 0 Å². The minimum Gasteiger partial charge on any atom is -0.494 e. The maximum absolute atomic E-state index is 14.5. The highest BCUT2D eigenvalue weighted by atomic mass is 19.1. The first kappa shape index (κ1) is 22.1. The van der Waals surface area contributed by atoms with Gasteiger partial charge in [0.25, 0.3) is 0 Å². The van der Waals surface area contributed by atoms with Gasteiger partial charge in [-0.15, -0.1) is 0 Å². The van der Waals surface area contributed by atoms with E-state index in [-0.39, 0.29) is 17.7 Å². The van der Waals surface area contributed by atoms with Gasteiger partial charge in [-0.2, -0.15) is 5.10 Å². The van der Waals surface area contributed by atoms with Crippen molar-refractivity contribution in [1.82, 2.24) is 24.6 Å². The number of hydrogen-bond acceptors (Lipinski definition) is 6. The van der Waals surface area contributed by atoms with Gasteiger partial charge in [-0.25, -0.2) is 18.7 Å². The fourth-order valence-corrected chi connectivity index (χ4v) is 3.98. The lowest BCUT2D eigenvalue weighted by Crippen LogP contribution is -2.31. The van der Waals surface area contributed by atoms with Crippen LogP contribution in [0.15, 0.2) is 30.9 Å². The van der Waals surface area contributed by atoms with Gasteiger partial charge in [0, 0.05) is 24.2 Å². The lowest BCUT2D eigenvalue weighted by molar-refractivity contribution is 0.212. The van der Waals surface area contributed by atoms with Gasteiger partial charge in [0.15, 0.2) is 11.6 Å². The highest BCUT2D eigenvalue weighted by molar-refractivity contribution is 5.50. The number of piperidine rings is 1. The first-order valence-corrected chi connectivity index (χ1v) is 10.8. The van der Waals surface area contributed by atoms with Crippen LogP contribution < -0.4 is 10.1 Å². The molecule has 1 aliphatic heterocycles. The normalized spacial score (nSPS) is 15.2. The Balaban J connectivity index is 1.37. The molecule has 0 bridgehead atoms. The van der Waals surface area contributed by atoms with E-state index in [1.165, 1.54) is 13.2 Å². The van der Waals surface area contributed by atoms with Gasteiger partial charge in [-0.3, -0.25) is 4.68 Å². The number of likely N-dealkylation sites (tertiary alicyclic amines) is 1. The first-order valence-electron chi connectivity index (χ1n) is 10.8. The number of methoxy groups -OCH3 is 1. The van der Waals surface area contributed by atoms with Crippen LogP contribution in [0.4, 0.5) is 20.4 Å². The number of aromatic nitrogens is 4. The summed E-state index contributed by atoms with van der Waals surface area (Å²) in [4.78, 5) is 11.0. The molecule has 0 unspecified atom stereocenters. The second-order valence-electron chi connectivity index (χ2n) is 8.29. The van der Waals surface area contributed by atoms with Gasteiger partial charge < -0.3 is 15.0 Å². The summed E-state index contributed by atoms with van der Waals surface area (Å²) in [5.41, 5.74) is 1.99. The Labute approximate surface area is 186 Å². The second kappa shape index (κ2) is 9.60. The highest BCUT2D eigenvalue weighted by Crippen LogP contribution is 2.27. The van der Waals surface area contributed by atoms with Crippen molar-refractivity contribution in [3.63, 3.8) is 0 Å². The molecule has 4 rings (SSSR count). The van der Waals surface area contributed by atoms with E-state index in [9.17, 15) is 8.78 Å². The van der Waals surface area contributed by atoms with Gasteiger partial charge in [0.2, 0.25) is 5.95 Å². The van der Waals surface area contributed by atoms with Crippen LogP contribution in [0.5, 0.6) is 5.75 Å². The zero-order valence-corrected chi connectivity index (χ0v) is 18.6. The van der Waals surface area contributed by atoms with Crippen LogP contribution in [0.3, 0.4) is 0 Å². The van der Waals surface area contributed by atoms with Crippen molar-refractivity contribution < 1.29 is 13.5 Å². The van der Waals surface area contributed by atoms with Crippen LogP contribution in [-0.2, 0) is 12.8 Å². The van der Waals surface area contributed by atoms with E-state index in [0.29, 0.717) is 24.0 Å². The molecule has 0 aliphatic carbocycles. The molecule has 1 saturated heterocycles. The van der Waals surface area contributed by atoms with Gasteiger partial charge in [0.05, 0.1) is 25.0 Å². The predicted octanol–water partition coefficient (Wildman–Crippen LogP) is 4.06.